The van der Waals surface area contributed by atoms with Crippen molar-refractivity contribution in [2.45, 2.75) is 58.4 Å². The lowest BCUT2D eigenvalue weighted by Gasteiger charge is -2.36. The minimum atomic E-state index is -1.86. The smallest absolute Gasteiger partial charge is 0.192 e. The Morgan fingerprint density at radius 2 is 1.73 bits per heavy atom. The van der Waals surface area contributed by atoms with Crippen LogP contribution >= 0.6 is 0 Å². The second kappa shape index (κ2) is 8.03. The van der Waals surface area contributed by atoms with E-state index in [9.17, 15) is 9.90 Å². The summed E-state index contributed by atoms with van der Waals surface area (Å²) in [5, 5.41) is 12.8. The van der Waals surface area contributed by atoms with E-state index in [1.54, 1.807) is 0 Å². The third kappa shape index (κ3) is 5.03. The van der Waals surface area contributed by atoms with Gasteiger partial charge in [-0.3, -0.25) is 4.79 Å². The number of hydrogen-bond donors (Lipinski definition) is 1. The van der Waals surface area contributed by atoms with Crippen molar-refractivity contribution in [3.63, 3.8) is 0 Å². The Bertz CT molecular complexity index is 761. The summed E-state index contributed by atoms with van der Waals surface area (Å²) < 4.78 is 6.16. The van der Waals surface area contributed by atoms with Crippen molar-refractivity contribution in [1.29, 1.82) is 0 Å². The molecule has 0 fully saturated rings. The highest BCUT2D eigenvalue weighted by Gasteiger charge is 2.37. The van der Waals surface area contributed by atoms with Crippen molar-refractivity contribution >= 4 is 24.9 Å². The number of carbonyl (C=O) groups is 1. The van der Waals surface area contributed by atoms with E-state index >= 15 is 0 Å². The van der Waals surface area contributed by atoms with Crippen LogP contribution in [0.3, 0.4) is 0 Å². The van der Waals surface area contributed by atoms with E-state index in [1.807, 2.05) is 49.4 Å². The molecule has 0 radical (unpaired) electrons. The number of fused-ring (bicyclic) bond motifs is 1. The SMILES string of the molecule is C[C@@H](CO[Si](C)(C)C(C)(C)C)C(=O)C[C@@H](O)c1ccc2ccccc2c1. The highest BCUT2D eigenvalue weighted by molar-refractivity contribution is 6.74. The number of ketones is 1. The van der Waals surface area contributed by atoms with Crippen LogP contribution in [0.2, 0.25) is 18.1 Å². The third-order valence-electron chi connectivity index (χ3n) is 5.60. The average Bonchev–Trinajstić information content (AvgIpc) is 2.58. The lowest BCUT2D eigenvalue weighted by molar-refractivity contribution is -0.125. The third-order valence-corrected chi connectivity index (χ3v) is 10.1. The monoisotopic (exact) mass is 372 g/mol. The summed E-state index contributed by atoms with van der Waals surface area (Å²) in [6.45, 7) is 13.3. The van der Waals surface area contributed by atoms with Crippen LogP contribution in [0.15, 0.2) is 42.5 Å². The Hall–Kier alpha value is -1.49. The van der Waals surface area contributed by atoms with Gasteiger partial charge in [-0.05, 0) is 40.5 Å². The molecule has 142 valence electrons. The predicted octanol–water partition coefficient (Wildman–Crippen LogP) is 5.49. The molecule has 0 saturated heterocycles. The maximum atomic E-state index is 12.5. The van der Waals surface area contributed by atoms with E-state index < -0.39 is 14.4 Å². The van der Waals surface area contributed by atoms with Gasteiger partial charge in [-0.1, -0.05) is 64.1 Å². The van der Waals surface area contributed by atoms with Crippen molar-refractivity contribution in [2.75, 3.05) is 6.61 Å². The Morgan fingerprint density at radius 1 is 1.12 bits per heavy atom. The molecule has 0 aliphatic carbocycles. The summed E-state index contributed by atoms with van der Waals surface area (Å²) >= 11 is 0. The van der Waals surface area contributed by atoms with Gasteiger partial charge in [0.1, 0.15) is 5.78 Å². The first-order valence-electron chi connectivity index (χ1n) is 9.35. The normalized spacial score (nSPS) is 15.0. The van der Waals surface area contributed by atoms with Gasteiger partial charge in [0, 0.05) is 18.9 Å². The molecule has 0 amide bonds. The van der Waals surface area contributed by atoms with Crippen LogP contribution in [0.4, 0.5) is 0 Å². The fourth-order valence-electron chi connectivity index (χ4n) is 2.57. The first-order chi connectivity index (χ1) is 12.0. The minimum absolute atomic E-state index is 0.0457. The van der Waals surface area contributed by atoms with Crippen LogP contribution in [0.5, 0.6) is 0 Å². The molecule has 26 heavy (non-hydrogen) atoms. The Kier molecular flexibility index (Phi) is 6.43. The summed E-state index contributed by atoms with van der Waals surface area (Å²) in [5.74, 6) is -0.163. The highest BCUT2D eigenvalue weighted by Crippen LogP contribution is 2.37. The zero-order valence-electron chi connectivity index (χ0n) is 16.9. The van der Waals surface area contributed by atoms with Gasteiger partial charge < -0.3 is 9.53 Å². The molecule has 2 atom stereocenters. The Labute approximate surface area is 158 Å². The lowest BCUT2D eigenvalue weighted by Crippen LogP contribution is -2.42. The van der Waals surface area contributed by atoms with Crippen LogP contribution in [0.25, 0.3) is 10.8 Å². The molecule has 0 aliphatic rings. The van der Waals surface area contributed by atoms with Crippen molar-refractivity contribution in [1.82, 2.24) is 0 Å². The van der Waals surface area contributed by atoms with Gasteiger partial charge in [0.2, 0.25) is 0 Å². The standard InChI is InChI=1S/C22H32O3Si/c1-16(15-25-26(5,6)22(2,3)4)20(23)14-21(24)19-12-11-17-9-7-8-10-18(17)13-19/h7-13,16,21,24H,14-15H2,1-6H3/t16-,21+/m0/s1. The molecule has 4 heteroatoms. The van der Waals surface area contributed by atoms with Crippen molar-refractivity contribution in [3.05, 3.63) is 48.0 Å². The second-order valence-corrected chi connectivity index (χ2v) is 13.6. The summed E-state index contributed by atoms with van der Waals surface area (Å²) in [7, 11) is -1.86. The van der Waals surface area contributed by atoms with Crippen LogP contribution in [-0.4, -0.2) is 25.8 Å². The number of aliphatic hydroxyl groups excluding tert-OH is 1. The Morgan fingerprint density at radius 3 is 2.35 bits per heavy atom. The fourth-order valence-corrected chi connectivity index (χ4v) is 3.67. The van der Waals surface area contributed by atoms with E-state index in [2.05, 4.69) is 33.9 Å². The quantitative estimate of drug-likeness (QED) is 0.654. The summed E-state index contributed by atoms with van der Waals surface area (Å²) in [4.78, 5) is 12.5. The van der Waals surface area contributed by atoms with Crippen LogP contribution in [-0.2, 0) is 9.22 Å². The van der Waals surface area contributed by atoms with Gasteiger partial charge >= 0.3 is 0 Å². The van der Waals surface area contributed by atoms with Crippen molar-refractivity contribution in [2.24, 2.45) is 5.92 Å². The molecule has 0 bridgehead atoms. The summed E-state index contributed by atoms with van der Waals surface area (Å²) in [5.41, 5.74) is 0.787. The zero-order valence-corrected chi connectivity index (χ0v) is 17.9. The van der Waals surface area contributed by atoms with Gasteiger partial charge in [-0.2, -0.15) is 0 Å². The first kappa shape index (κ1) is 20.8. The van der Waals surface area contributed by atoms with Crippen LogP contribution < -0.4 is 0 Å². The number of hydrogen-bond acceptors (Lipinski definition) is 3. The molecule has 0 saturated carbocycles. The van der Waals surface area contributed by atoms with Crippen molar-refractivity contribution < 1.29 is 14.3 Å². The molecule has 1 N–H and O–H groups in total. The highest BCUT2D eigenvalue weighted by atomic mass is 28.4. The van der Waals surface area contributed by atoms with Gasteiger partial charge in [0.05, 0.1) is 6.10 Å². The van der Waals surface area contributed by atoms with Crippen LogP contribution in [0, 0.1) is 5.92 Å². The zero-order chi connectivity index (χ0) is 19.5. The van der Waals surface area contributed by atoms with E-state index in [0.29, 0.717) is 6.61 Å². The number of benzene rings is 2. The molecule has 3 nitrogen and oxygen atoms in total. The predicted molar refractivity (Wildman–Crippen MR) is 111 cm³/mol. The largest absolute Gasteiger partial charge is 0.416 e. The van der Waals surface area contributed by atoms with Crippen LogP contribution in [0.1, 0.15) is 45.8 Å². The van der Waals surface area contributed by atoms with Gasteiger partial charge in [-0.25, -0.2) is 0 Å². The number of rotatable bonds is 7. The number of aliphatic hydroxyl groups is 1. The first-order valence-corrected chi connectivity index (χ1v) is 12.3. The maximum absolute atomic E-state index is 12.5. The molecular formula is C22H32O3Si. The van der Waals surface area contributed by atoms with E-state index in [1.165, 1.54) is 0 Å². The molecule has 2 rings (SSSR count). The fraction of sp³-hybridized carbons (Fsp3) is 0.500. The minimum Gasteiger partial charge on any atom is -0.416 e. The van der Waals surface area contributed by atoms with E-state index in [-0.39, 0.29) is 23.2 Å². The lowest BCUT2D eigenvalue weighted by atomic mass is 9.96. The van der Waals surface area contributed by atoms with Gasteiger partial charge in [0.25, 0.3) is 0 Å². The van der Waals surface area contributed by atoms with Gasteiger partial charge in [-0.15, -0.1) is 0 Å². The Balaban J connectivity index is 1.97. The topological polar surface area (TPSA) is 46.5 Å². The molecule has 0 aromatic heterocycles. The molecule has 0 spiro atoms. The molecule has 0 heterocycles. The second-order valence-electron chi connectivity index (χ2n) is 8.77. The van der Waals surface area contributed by atoms with Gasteiger partial charge in [0.15, 0.2) is 8.32 Å². The molecule has 0 unspecified atom stereocenters. The number of carbonyl (C=O) groups excluding carboxylic acids is 1. The summed E-state index contributed by atoms with van der Waals surface area (Å²) in [6, 6.07) is 13.9. The molecule has 0 aliphatic heterocycles. The molecule has 2 aromatic rings. The number of Topliss-reactive ketones (excluding diaryl/α,β-unsaturated/α-hetero) is 1. The maximum Gasteiger partial charge on any atom is 0.192 e. The van der Waals surface area contributed by atoms with Crippen molar-refractivity contribution in [3.8, 4) is 0 Å². The summed E-state index contributed by atoms with van der Waals surface area (Å²) in [6.07, 6.45) is -0.650. The molecule has 2 aromatic carbocycles. The van der Waals surface area contributed by atoms with E-state index in [4.69, 9.17) is 4.43 Å². The average molecular weight is 373 g/mol. The van der Waals surface area contributed by atoms with E-state index in [0.717, 1.165) is 16.3 Å². The molecular weight excluding hydrogens is 340 g/mol.